The number of aliphatic hydroxyl groups excluding tert-OH is 3. The summed E-state index contributed by atoms with van der Waals surface area (Å²) in [6, 6.07) is 4.50. The van der Waals surface area contributed by atoms with Crippen molar-refractivity contribution in [2.24, 2.45) is 29.4 Å². The molecule has 7 N–H and O–H groups in total. The summed E-state index contributed by atoms with van der Waals surface area (Å²) >= 11 is 0. The van der Waals surface area contributed by atoms with E-state index >= 15 is 0 Å². The smallest absolute Gasteiger partial charge is 0.320 e. The SMILES string of the molecule is CC[C@H]1OC(=O)[C@H](C)[C@@H](O[C@H]2C[C@@](C)(OC)[C@@H](O)[C@H](C)O2)[C@H](C)[C@@H](O[C@@H]2O[C@H](C)C[C@H](N(C)C)[C@H]2O)[C@](C)(OC)C[C@@H](C)C(=O)[C@H](C)[C@@H](O)[C@]1(C)O.NC(Cc1cccc(F)c1)C(=O)O. The number of likely N-dealkylation sites (N-methyl/N-ethyl adjacent to an activating group) is 1. The fourth-order valence-corrected chi connectivity index (χ4v) is 9.59. The Labute approximate surface area is 384 Å². The maximum absolute atomic E-state index is 14.2. The van der Waals surface area contributed by atoms with Gasteiger partial charge in [-0.05, 0) is 99.0 Å². The Morgan fingerprint density at radius 3 is 2.09 bits per heavy atom. The molecule has 3 aliphatic rings. The standard InChI is InChI=1S/C38H69NO13.C9H10FNO2/c1-15-26-38(10,45)31(42)21(4)28(40)19(2)17-37(9,47-14)33(52-35-29(41)25(39(11)12)16-20(3)48-35)22(5)30(23(6)34(44)50-26)51-27-18-36(8,46-13)32(43)24(7)49-27;10-7-3-1-2-6(4-7)5-8(11)9(12)13/h19-27,29-33,35,41-43,45H,15-18H2,1-14H3;1-4,8H,5,11H2,(H,12,13)/t19-,20-,21+,22+,23-,24+,25+,26-,27+,29-,30+,31-,32+,33-,35+,36-,37-,38-;/m1./s1. The first-order chi connectivity index (χ1) is 30.1. The summed E-state index contributed by atoms with van der Waals surface area (Å²) in [6.07, 6.45) is -8.58. The van der Waals surface area contributed by atoms with Crippen molar-refractivity contribution in [1.29, 1.82) is 0 Å². The van der Waals surface area contributed by atoms with Crippen LogP contribution in [0.2, 0.25) is 0 Å². The Balaban J connectivity index is 0.000000738. The van der Waals surface area contributed by atoms with Crippen LogP contribution in [0, 0.1) is 29.5 Å². The molecular formula is C47H79FN2O15. The van der Waals surface area contributed by atoms with Crippen LogP contribution in [0.15, 0.2) is 24.3 Å². The second kappa shape index (κ2) is 23.5. The average molecular weight is 931 g/mol. The number of Topliss-reactive ketones (excluding diaryl/α,β-unsaturated/α-hetero) is 1. The zero-order valence-corrected chi connectivity index (χ0v) is 40.8. The second-order valence-corrected chi connectivity index (χ2v) is 19.4. The number of carbonyl (C=O) groups excluding carboxylic acids is 2. The molecule has 65 heavy (non-hydrogen) atoms. The minimum absolute atomic E-state index is 0.111. The lowest BCUT2D eigenvalue weighted by Gasteiger charge is -2.50. The monoisotopic (exact) mass is 931 g/mol. The van der Waals surface area contributed by atoms with E-state index in [1.54, 1.807) is 54.5 Å². The third-order valence-electron chi connectivity index (χ3n) is 13.9. The maximum Gasteiger partial charge on any atom is 0.320 e. The fourth-order valence-electron chi connectivity index (χ4n) is 9.59. The second-order valence-electron chi connectivity index (χ2n) is 19.4. The summed E-state index contributed by atoms with van der Waals surface area (Å²) < 4.78 is 56.5. The number of cyclic esters (lactones) is 1. The quantitative estimate of drug-likeness (QED) is 0.175. The van der Waals surface area contributed by atoms with Crippen LogP contribution in [-0.4, -0.2) is 167 Å². The highest BCUT2D eigenvalue weighted by atomic mass is 19.1. The van der Waals surface area contributed by atoms with Crippen LogP contribution in [0.5, 0.6) is 0 Å². The van der Waals surface area contributed by atoms with Crippen LogP contribution >= 0.6 is 0 Å². The number of hydrogen-bond acceptors (Lipinski definition) is 16. The summed E-state index contributed by atoms with van der Waals surface area (Å²) in [7, 11) is 6.77. The number of ketones is 1. The zero-order chi connectivity index (χ0) is 49.5. The molecule has 0 aromatic heterocycles. The predicted octanol–water partition coefficient (Wildman–Crippen LogP) is 3.22. The van der Waals surface area contributed by atoms with Gasteiger partial charge in [-0.3, -0.25) is 14.4 Å². The Morgan fingerprint density at radius 2 is 1.55 bits per heavy atom. The van der Waals surface area contributed by atoms with Gasteiger partial charge in [0.25, 0.3) is 0 Å². The molecule has 0 saturated carbocycles. The van der Waals surface area contributed by atoms with Crippen molar-refractivity contribution >= 4 is 17.7 Å². The molecule has 0 amide bonds. The number of aliphatic carboxylic acids is 1. The zero-order valence-electron chi connectivity index (χ0n) is 40.8. The van der Waals surface area contributed by atoms with Crippen LogP contribution in [-0.2, 0) is 54.0 Å². The first-order valence-electron chi connectivity index (χ1n) is 22.7. The van der Waals surface area contributed by atoms with Gasteiger partial charge in [0.2, 0.25) is 0 Å². The maximum atomic E-state index is 14.2. The van der Waals surface area contributed by atoms with E-state index in [-0.39, 0.29) is 49.4 Å². The third kappa shape index (κ3) is 13.7. The molecule has 4 rings (SSSR count). The van der Waals surface area contributed by atoms with Crippen LogP contribution in [0.1, 0.15) is 100 Å². The Bertz CT molecular complexity index is 1710. The van der Waals surface area contributed by atoms with Gasteiger partial charge >= 0.3 is 11.9 Å². The number of benzene rings is 1. The van der Waals surface area contributed by atoms with E-state index in [2.05, 4.69) is 0 Å². The van der Waals surface area contributed by atoms with E-state index in [0.29, 0.717) is 12.0 Å². The number of methoxy groups -OCH3 is 2. The summed E-state index contributed by atoms with van der Waals surface area (Å²) in [6.45, 7) is 17.1. The fraction of sp³-hybridized carbons (Fsp3) is 0.809. The first kappa shape index (κ1) is 56.6. The Morgan fingerprint density at radius 1 is 0.938 bits per heavy atom. The highest BCUT2D eigenvalue weighted by Gasteiger charge is 2.54. The van der Waals surface area contributed by atoms with E-state index in [1.165, 1.54) is 39.3 Å². The van der Waals surface area contributed by atoms with Gasteiger partial charge in [0, 0.05) is 44.4 Å². The molecule has 3 aliphatic heterocycles. The highest BCUT2D eigenvalue weighted by molar-refractivity contribution is 5.83. The molecule has 0 spiro atoms. The van der Waals surface area contributed by atoms with Crippen LogP contribution in [0.25, 0.3) is 0 Å². The molecule has 0 aliphatic carbocycles. The van der Waals surface area contributed by atoms with Gasteiger partial charge in [0.1, 0.15) is 41.6 Å². The summed E-state index contributed by atoms with van der Waals surface area (Å²) in [5, 5.41) is 54.0. The number of aliphatic hydroxyl groups is 4. The van der Waals surface area contributed by atoms with Crippen molar-refractivity contribution in [3.05, 3.63) is 35.6 Å². The number of halogens is 1. The molecule has 3 heterocycles. The largest absolute Gasteiger partial charge is 0.480 e. The van der Waals surface area contributed by atoms with Crippen LogP contribution in [0.3, 0.4) is 0 Å². The van der Waals surface area contributed by atoms with Crippen molar-refractivity contribution in [3.63, 3.8) is 0 Å². The number of nitrogens with zero attached hydrogens (tertiary/aromatic N) is 1. The van der Waals surface area contributed by atoms with E-state index in [1.807, 2.05) is 32.8 Å². The number of carboxylic acids is 1. The average Bonchev–Trinajstić information content (AvgIpc) is 3.24. The Kier molecular flexibility index (Phi) is 20.5. The lowest BCUT2D eigenvalue weighted by molar-refractivity contribution is -0.319. The number of hydrogen-bond donors (Lipinski definition) is 6. The number of esters is 1. The first-order valence-corrected chi connectivity index (χ1v) is 22.7. The number of ether oxygens (including phenoxy) is 7. The molecular weight excluding hydrogens is 852 g/mol. The van der Waals surface area contributed by atoms with Crippen molar-refractivity contribution in [2.45, 2.75) is 192 Å². The van der Waals surface area contributed by atoms with Crippen molar-refractivity contribution < 1.29 is 77.5 Å². The van der Waals surface area contributed by atoms with E-state index in [0.717, 1.165) is 0 Å². The van der Waals surface area contributed by atoms with Gasteiger partial charge < -0.3 is 69.3 Å². The molecule has 3 fully saturated rings. The Hall–Kier alpha value is -2.72. The number of carbonyl (C=O) groups is 3. The molecule has 17 nitrogen and oxygen atoms in total. The van der Waals surface area contributed by atoms with Gasteiger partial charge in [-0.1, -0.05) is 39.8 Å². The lowest BCUT2D eigenvalue weighted by atomic mass is 9.74. The van der Waals surface area contributed by atoms with E-state index < -0.39 is 114 Å². The molecule has 19 atom stereocenters. The lowest BCUT2D eigenvalue weighted by Crippen LogP contribution is -2.61. The normalized spacial score (nSPS) is 41.7. The van der Waals surface area contributed by atoms with Gasteiger partial charge in [-0.25, -0.2) is 4.39 Å². The van der Waals surface area contributed by atoms with Crippen LogP contribution in [0.4, 0.5) is 4.39 Å². The highest BCUT2D eigenvalue weighted by Crippen LogP contribution is 2.42. The van der Waals surface area contributed by atoms with E-state index in [4.69, 9.17) is 44.0 Å². The number of rotatable bonds is 11. The molecule has 0 bridgehead atoms. The molecule has 3 saturated heterocycles. The number of carboxylic acid groups (broad SMARTS) is 1. The molecule has 0 radical (unpaired) electrons. The van der Waals surface area contributed by atoms with Gasteiger partial charge in [0.05, 0.1) is 47.6 Å². The molecule has 374 valence electrons. The molecule has 1 aromatic carbocycles. The molecule has 18 heteroatoms. The van der Waals surface area contributed by atoms with Crippen molar-refractivity contribution in [2.75, 3.05) is 28.3 Å². The molecule has 1 aromatic rings. The predicted molar refractivity (Wildman–Crippen MR) is 237 cm³/mol. The van der Waals surface area contributed by atoms with Crippen molar-refractivity contribution in [3.8, 4) is 0 Å². The summed E-state index contributed by atoms with van der Waals surface area (Å²) in [5.74, 6) is -5.93. The summed E-state index contributed by atoms with van der Waals surface area (Å²) in [5.41, 5.74) is 1.62. The van der Waals surface area contributed by atoms with E-state index in [9.17, 15) is 39.2 Å². The van der Waals surface area contributed by atoms with Gasteiger partial charge in [0.15, 0.2) is 12.6 Å². The topological polar surface area (TPSA) is 246 Å². The van der Waals surface area contributed by atoms with Gasteiger partial charge in [-0.2, -0.15) is 0 Å². The summed E-state index contributed by atoms with van der Waals surface area (Å²) in [4.78, 5) is 40.4. The minimum Gasteiger partial charge on any atom is -0.480 e. The van der Waals surface area contributed by atoms with Crippen LogP contribution < -0.4 is 5.73 Å². The third-order valence-corrected chi connectivity index (χ3v) is 13.9. The molecule has 1 unspecified atom stereocenters. The minimum atomic E-state index is -1.96. The number of nitrogens with two attached hydrogens (primary N) is 1. The van der Waals surface area contributed by atoms with Crippen molar-refractivity contribution in [1.82, 2.24) is 4.90 Å². The van der Waals surface area contributed by atoms with Gasteiger partial charge in [-0.15, -0.1) is 0 Å².